The van der Waals surface area contributed by atoms with Crippen LogP contribution in [0.25, 0.3) is 11.1 Å². The summed E-state index contributed by atoms with van der Waals surface area (Å²) in [5.74, 6) is -1.45. The van der Waals surface area contributed by atoms with Gasteiger partial charge in [-0.3, -0.25) is 9.59 Å². The van der Waals surface area contributed by atoms with Gasteiger partial charge >= 0.3 is 5.97 Å². The molecule has 6 unspecified atom stereocenters. The Morgan fingerprint density at radius 2 is 1.25 bits per heavy atom. The molecular weight excluding hydrogens is 888 g/mol. The number of carbonyl (C=O) groups excluding carboxylic acids is 3. The molecule has 3 aromatic rings. The summed E-state index contributed by atoms with van der Waals surface area (Å²) in [6.07, 6.45) is -23.5. The van der Waals surface area contributed by atoms with E-state index in [2.05, 4.69) is 10.6 Å². The van der Waals surface area contributed by atoms with Crippen molar-refractivity contribution in [2.24, 2.45) is 0 Å². The van der Waals surface area contributed by atoms with E-state index in [1.807, 2.05) is 60.7 Å². The van der Waals surface area contributed by atoms with Crippen LogP contribution in [-0.2, 0) is 49.4 Å². The van der Waals surface area contributed by atoms with E-state index < -0.39 is 136 Å². The minimum Gasteiger partial charge on any atom is -0.484 e. The van der Waals surface area contributed by atoms with Gasteiger partial charge in [0.05, 0.1) is 32.0 Å². The summed E-state index contributed by atoms with van der Waals surface area (Å²) in [6, 6.07) is 22.0. The third kappa shape index (κ3) is 13.3. The number of aliphatic hydroxyl groups excluding tert-OH is 9. The van der Waals surface area contributed by atoms with Crippen molar-refractivity contribution in [1.82, 2.24) is 10.6 Å². The number of esters is 1. The molecule has 2 amide bonds. The van der Waals surface area contributed by atoms with E-state index in [1.54, 1.807) is 12.1 Å². The largest absolute Gasteiger partial charge is 0.484 e. The predicted octanol–water partition coefficient (Wildman–Crippen LogP) is -2.80. The average Bonchev–Trinajstić information content (AvgIpc) is 3.33. The van der Waals surface area contributed by atoms with Crippen LogP contribution in [0.2, 0.25) is 0 Å². The first kappa shape index (κ1) is 51.7. The molecule has 3 aromatic carbocycles. The maximum atomic E-state index is 13.1. The molecule has 6 rings (SSSR count). The summed E-state index contributed by atoms with van der Waals surface area (Å²) in [7, 11) is 0. The summed E-state index contributed by atoms with van der Waals surface area (Å²) < 4.78 is 45.5. The van der Waals surface area contributed by atoms with Gasteiger partial charge in [-0.15, -0.1) is 0 Å². The number of nitrogens with one attached hydrogen (secondary N) is 2. The number of rotatable bonds is 20. The van der Waals surface area contributed by atoms with Crippen LogP contribution in [0.4, 0.5) is 0 Å². The molecule has 368 valence electrons. The Balaban J connectivity index is 1.02. The molecule has 0 aromatic heterocycles. The fourth-order valence-electron chi connectivity index (χ4n) is 7.68. The lowest BCUT2D eigenvalue weighted by atomic mass is 9.95. The first-order chi connectivity index (χ1) is 32.2. The number of ether oxygens (including phenoxy) is 8. The molecule has 0 spiro atoms. The van der Waals surface area contributed by atoms with Gasteiger partial charge < -0.3 is 94.5 Å². The van der Waals surface area contributed by atoms with Crippen LogP contribution < -0.4 is 15.4 Å². The first-order valence-electron chi connectivity index (χ1n) is 21.6. The SMILES string of the molecule is CC(=O)NC1[C@H](OCCCNC(=O)COc2cc(C(=O)OCc3ccccc3)cc(-c3ccccc3)c2)OC(CO)[C@@H](O[C@@H]2OC(CO)[C@H](O)[C@H](O[C@H]3OC(CO)[C@H](O)C(O)[C@@H]3O)C2O)[C@@H]1O. The van der Waals surface area contributed by atoms with Crippen molar-refractivity contribution in [1.29, 1.82) is 0 Å². The lowest BCUT2D eigenvalue weighted by Gasteiger charge is -2.48. The van der Waals surface area contributed by atoms with E-state index >= 15 is 0 Å². The van der Waals surface area contributed by atoms with Crippen LogP contribution in [0.3, 0.4) is 0 Å². The Morgan fingerprint density at radius 3 is 1.91 bits per heavy atom. The molecule has 22 heteroatoms. The Kier molecular flexibility index (Phi) is 18.9. The van der Waals surface area contributed by atoms with Gasteiger partial charge in [-0.05, 0) is 41.3 Å². The van der Waals surface area contributed by atoms with Gasteiger partial charge in [0.15, 0.2) is 25.5 Å². The van der Waals surface area contributed by atoms with Gasteiger partial charge in [-0.25, -0.2) is 4.79 Å². The molecule has 0 radical (unpaired) electrons. The topological polar surface area (TPSA) is 331 Å². The van der Waals surface area contributed by atoms with Gasteiger partial charge in [0.25, 0.3) is 5.91 Å². The molecule has 0 aliphatic carbocycles. The number of amides is 2. The van der Waals surface area contributed by atoms with Crippen molar-refractivity contribution in [2.45, 2.75) is 112 Å². The molecule has 3 fully saturated rings. The van der Waals surface area contributed by atoms with E-state index in [-0.39, 0.29) is 37.5 Å². The fourth-order valence-corrected chi connectivity index (χ4v) is 7.68. The summed E-state index contributed by atoms with van der Waals surface area (Å²) in [4.78, 5) is 38.2. The van der Waals surface area contributed by atoms with Crippen LogP contribution in [0, 0.1) is 0 Å². The summed E-state index contributed by atoms with van der Waals surface area (Å²) >= 11 is 0. The number of aliphatic hydroxyl groups is 9. The lowest BCUT2D eigenvalue weighted by Crippen LogP contribution is -2.68. The normalized spacial score (nSPS) is 31.9. The number of carbonyl (C=O) groups is 3. The second-order valence-electron chi connectivity index (χ2n) is 16.1. The van der Waals surface area contributed by atoms with E-state index in [1.165, 1.54) is 6.07 Å². The van der Waals surface area contributed by atoms with Crippen molar-refractivity contribution in [3.8, 4) is 16.9 Å². The highest BCUT2D eigenvalue weighted by Crippen LogP contribution is 2.33. The maximum absolute atomic E-state index is 13.1. The fraction of sp³-hybridized carbons (Fsp3) is 0.533. The smallest absolute Gasteiger partial charge is 0.338 e. The van der Waals surface area contributed by atoms with Gasteiger partial charge in [-0.2, -0.15) is 0 Å². The van der Waals surface area contributed by atoms with E-state index in [4.69, 9.17) is 37.9 Å². The highest BCUT2D eigenvalue weighted by Gasteiger charge is 2.54. The Bertz CT molecular complexity index is 2030. The monoisotopic (exact) mass is 946 g/mol. The van der Waals surface area contributed by atoms with Crippen LogP contribution in [0.5, 0.6) is 5.75 Å². The van der Waals surface area contributed by atoms with E-state index in [0.717, 1.165) is 18.1 Å². The van der Waals surface area contributed by atoms with Crippen molar-refractivity contribution in [2.75, 3.05) is 39.6 Å². The molecule has 3 aliphatic rings. The zero-order valence-corrected chi connectivity index (χ0v) is 36.3. The summed E-state index contributed by atoms with van der Waals surface area (Å²) in [5, 5.41) is 99.7. The number of benzene rings is 3. The van der Waals surface area contributed by atoms with Gasteiger partial charge in [0, 0.05) is 13.5 Å². The van der Waals surface area contributed by atoms with Crippen LogP contribution >= 0.6 is 0 Å². The number of hydrogen-bond acceptors (Lipinski definition) is 20. The third-order valence-electron chi connectivity index (χ3n) is 11.2. The highest BCUT2D eigenvalue weighted by molar-refractivity contribution is 5.92. The molecule has 3 heterocycles. The Labute approximate surface area is 384 Å². The third-order valence-corrected chi connectivity index (χ3v) is 11.2. The molecule has 67 heavy (non-hydrogen) atoms. The zero-order chi connectivity index (χ0) is 48.2. The second kappa shape index (κ2) is 24.5. The number of hydrogen-bond donors (Lipinski definition) is 11. The minimum absolute atomic E-state index is 0.0632. The molecular formula is C45H58N2O20. The van der Waals surface area contributed by atoms with Crippen LogP contribution in [-0.4, -0.2) is 195 Å². The summed E-state index contributed by atoms with van der Waals surface area (Å²) in [5.41, 5.74) is 2.51. The van der Waals surface area contributed by atoms with Crippen LogP contribution in [0.1, 0.15) is 29.3 Å². The molecule has 3 aliphatic heterocycles. The molecule has 11 N–H and O–H groups in total. The maximum Gasteiger partial charge on any atom is 0.338 e. The van der Waals surface area contributed by atoms with E-state index in [9.17, 15) is 60.3 Å². The van der Waals surface area contributed by atoms with Crippen LogP contribution in [0.15, 0.2) is 78.9 Å². The highest BCUT2D eigenvalue weighted by atomic mass is 16.8. The minimum atomic E-state index is -1.98. The lowest BCUT2D eigenvalue weighted by molar-refractivity contribution is -0.376. The van der Waals surface area contributed by atoms with Crippen molar-refractivity contribution >= 4 is 17.8 Å². The quantitative estimate of drug-likeness (QED) is 0.0403. The summed E-state index contributed by atoms with van der Waals surface area (Å²) in [6.45, 7) is -1.64. The average molecular weight is 947 g/mol. The van der Waals surface area contributed by atoms with E-state index in [0.29, 0.717) is 5.56 Å². The molecule has 22 nitrogen and oxygen atoms in total. The molecule has 0 bridgehead atoms. The second-order valence-corrected chi connectivity index (χ2v) is 16.1. The predicted molar refractivity (Wildman–Crippen MR) is 227 cm³/mol. The molecule has 15 atom stereocenters. The van der Waals surface area contributed by atoms with Gasteiger partial charge in [0.2, 0.25) is 5.91 Å². The zero-order valence-electron chi connectivity index (χ0n) is 36.3. The van der Waals surface area contributed by atoms with Crippen molar-refractivity contribution < 1.29 is 98.2 Å². The van der Waals surface area contributed by atoms with Gasteiger partial charge in [-0.1, -0.05) is 60.7 Å². The Hall–Kier alpha value is -4.73. The van der Waals surface area contributed by atoms with Crippen molar-refractivity contribution in [3.05, 3.63) is 90.0 Å². The molecule has 0 saturated carbocycles. The Morgan fingerprint density at radius 1 is 0.642 bits per heavy atom. The van der Waals surface area contributed by atoms with Crippen molar-refractivity contribution in [3.63, 3.8) is 0 Å². The van der Waals surface area contributed by atoms with Gasteiger partial charge in [0.1, 0.15) is 85.5 Å². The first-order valence-corrected chi connectivity index (χ1v) is 21.6. The standard InChI is InChI=1S/C45H58N2O20/c1-23(51)47-33-36(55)40(66-45-39(58)41(35(54)30(19-49)64-45)67-44-38(57)37(56)34(53)29(18-48)63-44)31(20-50)65-43(33)60-14-8-13-46-32(52)22-61-28-16-26(25-11-6-3-7-12-25)15-27(17-28)42(59)62-21-24-9-4-2-5-10-24/h2-7,9-12,15-17,29-31,33-41,43-45,48-50,53-58H,8,13-14,18-22H2,1H3,(H,46,52)(H,47,51)/t29?,30?,31?,33?,34-,35-,36+,37?,38-,39?,40+,41-,43+,44+,45-/m0/s1. The molecule has 3 saturated heterocycles.